The van der Waals surface area contributed by atoms with Crippen LogP contribution in [0.4, 0.5) is 0 Å². The van der Waals surface area contributed by atoms with Gasteiger partial charge in [0.25, 0.3) is 0 Å². The summed E-state index contributed by atoms with van der Waals surface area (Å²) in [7, 11) is 0. The predicted octanol–water partition coefficient (Wildman–Crippen LogP) is 2.80. The number of primary amides is 1. The third kappa shape index (κ3) is 5.05. The van der Waals surface area contributed by atoms with E-state index in [1.165, 1.54) is 32.1 Å². The third-order valence-electron chi connectivity index (χ3n) is 6.12. The number of amides is 2. The molecule has 3 rings (SSSR count). The molecular weight excluding hydrogens is 340 g/mol. The van der Waals surface area contributed by atoms with Gasteiger partial charge in [0.1, 0.15) is 5.82 Å². The van der Waals surface area contributed by atoms with Crippen molar-refractivity contribution in [3.8, 4) is 0 Å². The molecule has 1 saturated carbocycles. The highest BCUT2D eigenvalue weighted by Gasteiger charge is 2.29. The van der Waals surface area contributed by atoms with Gasteiger partial charge in [-0.05, 0) is 45.4 Å². The van der Waals surface area contributed by atoms with Crippen molar-refractivity contribution in [2.45, 2.75) is 77.6 Å². The second-order valence-corrected chi connectivity index (χ2v) is 8.26. The molecule has 148 valence electrons. The van der Waals surface area contributed by atoms with E-state index in [0.717, 1.165) is 42.2 Å². The quantitative estimate of drug-likeness (QED) is 0.861. The van der Waals surface area contributed by atoms with Crippen LogP contribution in [0.25, 0.3) is 0 Å². The normalized spacial score (nSPS) is 21.3. The van der Waals surface area contributed by atoms with Crippen LogP contribution in [-0.4, -0.2) is 39.8 Å². The van der Waals surface area contributed by atoms with E-state index >= 15 is 0 Å². The summed E-state index contributed by atoms with van der Waals surface area (Å²) >= 11 is 0. The van der Waals surface area contributed by atoms with Crippen LogP contribution in [0.15, 0.2) is 0 Å². The fourth-order valence-electron chi connectivity index (χ4n) is 4.56. The number of hydrogen-bond donors (Lipinski definition) is 1. The van der Waals surface area contributed by atoms with Gasteiger partial charge in [-0.1, -0.05) is 19.3 Å². The van der Waals surface area contributed by atoms with Crippen molar-refractivity contribution in [3.63, 3.8) is 0 Å². The van der Waals surface area contributed by atoms with Crippen LogP contribution in [0.2, 0.25) is 0 Å². The standard InChI is InChI=1S/C21H32N4O2/c1-14-18(12-19(22)26)15(2)24-21(23-14)17-9-6-10-25(13-17)20(27)11-16-7-4-3-5-8-16/h16-17H,3-13H2,1-2H3,(H2,22,26)/t17-/m1/s1. The zero-order chi connectivity index (χ0) is 19.4. The molecule has 0 aromatic carbocycles. The molecule has 6 nitrogen and oxygen atoms in total. The minimum absolute atomic E-state index is 0.175. The highest BCUT2D eigenvalue weighted by Crippen LogP contribution is 2.30. The number of hydrogen-bond acceptors (Lipinski definition) is 4. The predicted molar refractivity (Wildman–Crippen MR) is 104 cm³/mol. The first-order chi connectivity index (χ1) is 12.9. The number of carbonyl (C=O) groups excluding carboxylic acids is 2. The number of likely N-dealkylation sites (tertiary alicyclic amines) is 1. The molecule has 1 aromatic heterocycles. The van der Waals surface area contributed by atoms with Gasteiger partial charge in [-0.25, -0.2) is 9.97 Å². The first kappa shape index (κ1) is 19.8. The van der Waals surface area contributed by atoms with Crippen molar-refractivity contribution in [3.05, 3.63) is 22.8 Å². The van der Waals surface area contributed by atoms with Gasteiger partial charge in [0, 0.05) is 42.4 Å². The fourth-order valence-corrected chi connectivity index (χ4v) is 4.56. The lowest BCUT2D eigenvalue weighted by Crippen LogP contribution is -2.40. The summed E-state index contributed by atoms with van der Waals surface area (Å²) in [6.45, 7) is 5.37. The fraction of sp³-hybridized carbons (Fsp3) is 0.714. The lowest BCUT2D eigenvalue weighted by Gasteiger charge is -2.34. The molecule has 1 aromatic rings. The molecule has 2 heterocycles. The molecule has 27 heavy (non-hydrogen) atoms. The highest BCUT2D eigenvalue weighted by molar-refractivity contribution is 5.77. The van der Waals surface area contributed by atoms with Crippen molar-refractivity contribution >= 4 is 11.8 Å². The smallest absolute Gasteiger partial charge is 0.222 e. The SMILES string of the molecule is Cc1nc([C@@H]2CCCN(C(=O)CC3CCCCC3)C2)nc(C)c1CC(N)=O. The Labute approximate surface area is 161 Å². The number of aryl methyl sites for hydroxylation is 2. The van der Waals surface area contributed by atoms with Crippen molar-refractivity contribution in [1.29, 1.82) is 0 Å². The van der Waals surface area contributed by atoms with E-state index in [2.05, 4.69) is 9.97 Å². The highest BCUT2D eigenvalue weighted by atomic mass is 16.2. The monoisotopic (exact) mass is 372 g/mol. The number of carbonyl (C=O) groups is 2. The van der Waals surface area contributed by atoms with Crippen molar-refractivity contribution < 1.29 is 9.59 Å². The van der Waals surface area contributed by atoms with E-state index in [1.54, 1.807) is 0 Å². The molecule has 1 atom stereocenters. The van der Waals surface area contributed by atoms with E-state index in [-0.39, 0.29) is 18.2 Å². The third-order valence-corrected chi connectivity index (χ3v) is 6.12. The average molecular weight is 373 g/mol. The zero-order valence-electron chi connectivity index (χ0n) is 16.7. The number of piperidine rings is 1. The molecule has 0 radical (unpaired) electrons. The zero-order valence-corrected chi connectivity index (χ0v) is 16.7. The maximum absolute atomic E-state index is 12.8. The van der Waals surface area contributed by atoms with Crippen molar-refractivity contribution in [2.75, 3.05) is 13.1 Å². The Balaban J connectivity index is 1.66. The Morgan fingerprint density at radius 1 is 1.04 bits per heavy atom. The maximum Gasteiger partial charge on any atom is 0.222 e. The second kappa shape index (κ2) is 8.81. The molecular formula is C21H32N4O2. The van der Waals surface area contributed by atoms with Gasteiger partial charge >= 0.3 is 0 Å². The lowest BCUT2D eigenvalue weighted by atomic mass is 9.86. The number of nitrogens with two attached hydrogens (primary N) is 1. The van der Waals surface area contributed by atoms with Gasteiger partial charge in [-0.15, -0.1) is 0 Å². The van der Waals surface area contributed by atoms with Crippen LogP contribution in [0.5, 0.6) is 0 Å². The van der Waals surface area contributed by atoms with E-state index in [9.17, 15) is 9.59 Å². The minimum Gasteiger partial charge on any atom is -0.369 e. The van der Waals surface area contributed by atoms with Crippen LogP contribution in [0.1, 0.15) is 80.1 Å². The Hall–Kier alpha value is -1.98. The van der Waals surface area contributed by atoms with Gasteiger partial charge in [-0.2, -0.15) is 0 Å². The Morgan fingerprint density at radius 3 is 2.33 bits per heavy atom. The average Bonchev–Trinajstić information content (AvgIpc) is 2.65. The van der Waals surface area contributed by atoms with E-state index in [4.69, 9.17) is 5.73 Å². The van der Waals surface area contributed by atoms with Gasteiger partial charge < -0.3 is 10.6 Å². The number of rotatable bonds is 5. The number of nitrogens with zero attached hydrogens (tertiary/aromatic N) is 3. The van der Waals surface area contributed by atoms with Gasteiger partial charge in [0.2, 0.25) is 11.8 Å². The van der Waals surface area contributed by atoms with Crippen LogP contribution in [0.3, 0.4) is 0 Å². The van der Waals surface area contributed by atoms with Crippen molar-refractivity contribution in [2.24, 2.45) is 11.7 Å². The maximum atomic E-state index is 12.8. The van der Waals surface area contributed by atoms with Crippen LogP contribution < -0.4 is 5.73 Å². The molecule has 6 heteroatoms. The number of aromatic nitrogens is 2. The van der Waals surface area contributed by atoms with Crippen LogP contribution in [0, 0.1) is 19.8 Å². The summed E-state index contributed by atoms with van der Waals surface area (Å²) in [6.07, 6.45) is 9.12. The summed E-state index contributed by atoms with van der Waals surface area (Å²) in [6, 6.07) is 0. The Bertz CT molecular complexity index is 674. The summed E-state index contributed by atoms with van der Waals surface area (Å²) in [4.78, 5) is 35.4. The molecule has 2 fully saturated rings. The molecule has 0 bridgehead atoms. The molecule has 2 amide bonds. The van der Waals surface area contributed by atoms with E-state index < -0.39 is 0 Å². The molecule has 2 N–H and O–H groups in total. The molecule has 1 saturated heterocycles. The summed E-state index contributed by atoms with van der Waals surface area (Å²) < 4.78 is 0. The van der Waals surface area contributed by atoms with E-state index in [0.29, 0.717) is 24.8 Å². The molecule has 2 aliphatic rings. The minimum atomic E-state index is -0.366. The molecule has 1 aliphatic heterocycles. The largest absolute Gasteiger partial charge is 0.369 e. The van der Waals surface area contributed by atoms with E-state index in [1.807, 2.05) is 18.7 Å². The lowest BCUT2D eigenvalue weighted by molar-refractivity contribution is -0.133. The molecule has 1 aliphatic carbocycles. The van der Waals surface area contributed by atoms with Gasteiger partial charge in [0.05, 0.1) is 6.42 Å². The second-order valence-electron chi connectivity index (χ2n) is 8.26. The summed E-state index contributed by atoms with van der Waals surface area (Å²) in [5.74, 6) is 1.48. The van der Waals surface area contributed by atoms with Gasteiger partial charge in [-0.3, -0.25) is 9.59 Å². The van der Waals surface area contributed by atoms with Gasteiger partial charge in [0.15, 0.2) is 0 Å². The van der Waals surface area contributed by atoms with Crippen molar-refractivity contribution in [1.82, 2.24) is 14.9 Å². The van der Waals surface area contributed by atoms with Crippen LogP contribution >= 0.6 is 0 Å². The Kier molecular flexibility index (Phi) is 6.45. The molecule has 0 spiro atoms. The topological polar surface area (TPSA) is 89.2 Å². The first-order valence-electron chi connectivity index (χ1n) is 10.3. The summed E-state index contributed by atoms with van der Waals surface area (Å²) in [5, 5.41) is 0. The van der Waals surface area contributed by atoms with Crippen LogP contribution in [-0.2, 0) is 16.0 Å². The molecule has 0 unspecified atom stereocenters. The summed E-state index contributed by atoms with van der Waals surface area (Å²) in [5.41, 5.74) is 7.80. The first-order valence-corrected chi connectivity index (χ1v) is 10.3. The Morgan fingerprint density at radius 2 is 1.70 bits per heavy atom.